The van der Waals surface area contributed by atoms with Crippen molar-refractivity contribution >= 4 is 0 Å². The zero-order valence-corrected chi connectivity index (χ0v) is 8.94. The van der Waals surface area contributed by atoms with E-state index in [0.717, 1.165) is 0 Å². The molecule has 3 N–H and O–H groups in total. The average Bonchev–Trinajstić information content (AvgIpc) is 2.27. The van der Waals surface area contributed by atoms with Crippen LogP contribution in [0.1, 0.15) is 24.9 Å². The first-order valence-corrected chi connectivity index (χ1v) is 5.03. The first-order chi connectivity index (χ1) is 7.54. The van der Waals surface area contributed by atoms with Crippen molar-refractivity contribution in [2.45, 2.75) is 32.1 Å². The van der Waals surface area contributed by atoms with E-state index in [0.29, 0.717) is 12.0 Å². The van der Waals surface area contributed by atoms with Gasteiger partial charge in [0.05, 0.1) is 12.1 Å². The Morgan fingerprint density at radius 1 is 1.31 bits per heavy atom. The second-order valence-corrected chi connectivity index (χ2v) is 3.45. The number of benzene rings is 1. The molecule has 0 saturated heterocycles. The molecule has 1 aromatic rings. The van der Waals surface area contributed by atoms with Crippen LogP contribution in [0.25, 0.3) is 0 Å². The first kappa shape index (κ1) is 12.9. The van der Waals surface area contributed by atoms with Gasteiger partial charge in [-0.05, 0) is 24.1 Å². The first-order valence-electron chi connectivity index (χ1n) is 5.03. The van der Waals surface area contributed by atoms with Crippen LogP contribution in [-0.2, 0) is 0 Å². The lowest BCUT2D eigenvalue weighted by molar-refractivity contribution is -0.0498. The molecular weight excluding hydrogens is 216 g/mol. The molecule has 0 aliphatic heterocycles. The number of aliphatic hydroxyl groups excluding tert-OH is 1. The molecule has 90 valence electrons. The van der Waals surface area contributed by atoms with Gasteiger partial charge in [-0.3, -0.25) is 0 Å². The summed E-state index contributed by atoms with van der Waals surface area (Å²) in [5.41, 5.74) is 6.45. The molecule has 0 aromatic heterocycles. The van der Waals surface area contributed by atoms with Gasteiger partial charge < -0.3 is 15.6 Å². The van der Waals surface area contributed by atoms with E-state index in [1.165, 1.54) is 12.1 Å². The van der Waals surface area contributed by atoms with Gasteiger partial charge in [0.2, 0.25) is 0 Å². The molecule has 0 amide bonds. The quantitative estimate of drug-likeness (QED) is 0.815. The van der Waals surface area contributed by atoms with Crippen LogP contribution in [0.5, 0.6) is 5.75 Å². The standard InChI is InChI=1S/C11H15F2NO2/c1-2-9(15)10(14)7-3-5-8(6-4-7)16-11(12)13/h3-6,9-11,15H,2,14H2,1H3/t9-,10+/m0/s1. The van der Waals surface area contributed by atoms with E-state index >= 15 is 0 Å². The number of alkyl halides is 2. The van der Waals surface area contributed by atoms with Gasteiger partial charge in [0.1, 0.15) is 5.75 Å². The van der Waals surface area contributed by atoms with Crippen molar-refractivity contribution in [3.8, 4) is 5.75 Å². The molecule has 2 atom stereocenters. The van der Waals surface area contributed by atoms with Gasteiger partial charge in [-0.1, -0.05) is 19.1 Å². The van der Waals surface area contributed by atoms with Crippen molar-refractivity contribution in [1.29, 1.82) is 0 Å². The van der Waals surface area contributed by atoms with Crippen LogP contribution in [-0.4, -0.2) is 17.8 Å². The molecule has 0 fully saturated rings. The summed E-state index contributed by atoms with van der Waals surface area (Å²) in [4.78, 5) is 0. The van der Waals surface area contributed by atoms with E-state index in [4.69, 9.17) is 5.73 Å². The summed E-state index contributed by atoms with van der Waals surface area (Å²) >= 11 is 0. The van der Waals surface area contributed by atoms with Gasteiger partial charge in [-0.15, -0.1) is 0 Å². The van der Waals surface area contributed by atoms with Crippen molar-refractivity contribution in [1.82, 2.24) is 0 Å². The molecule has 0 bridgehead atoms. The largest absolute Gasteiger partial charge is 0.435 e. The van der Waals surface area contributed by atoms with E-state index in [9.17, 15) is 13.9 Å². The fourth-order valence-electron chi connectivity index (χ4n) is 1.35. The van der Waals surface area contributed by atoms with Gasteiger partial charge >= 0.3 is 6.61 Å². The summed E-state index contributed by atoms with van der Waals surface area (Å²) in [6.45, 7) is -1.01. The summed E-state index contributed by atoms with van der Waals surface area (Å²) in [6.07, 6.45) is -0.0990. The summed E-state index contributed by atoms with van der Waals surface area (Å²) in [5, 5.41) is 9.52. The van der Waals surface area contributed by atoms with Gasteiger partial charge in [0.25, 0.3) is 0 Å². The van der Waals surface area contributed by atoms with Crippen LogP contribution in [0.2, 0.25) is 0 Å². The third-order valence-electron chi connectivity index (χ3n) is 2.32. The molecule has 1 aromatic carbocycles. The van der Waals surface area contributed by atoms with Crippen molar-refractivity contribution in [3.63, 3.8) is 0 Å². The summed E-state index contributed by atoms with van der Waals surface area (Å²) < 4.78 is 28.0. The summed E-state index contributed by atoms with van der Waals surface area (Å²) in [6, 6.07) is 5.45. The minimum absolute atomic E-state index is 0.0805. The van der Waals surface area contributed by atoms with Gasteiger partial charge in [0, 0.05) is 0 Å². The number of aliphatic hydroxyl groups is 1. The number of hydrogen-bond donors (Lipinski definition) is 2. The predicted molar refractivity (Wildman–Crippen MR) is 56.3 cm³/mol. The van der Waals surface area contributed by atoms with E-state index in [2.05, 4.69) is 4.74 Å². The Bertz CT molecular complexity index is 316. The van der Waals surface area contributed by atoms with Crippen LogP contribution in [0, 0.1) is 0 Å². The smallest absolute Gasteiger partial charge is 0.387 e. The lowest BCUT2D eigenvalue weighted by Crippen LogP contribution is -2.25. The Labute approximate surface area is 92.8 Å². The lowest BCUT2D eigenvalue weighted by atomic mass is 10.0. The monoisotopic (exact) mass is 231 g/mol. The Morgan fingerprint density at radius 2 is 1.88 bits per heavy atom. The van der Waals surface area contributed by atoms with Crippen LogP contribution in [0.3, 0.4) is 0 Å². The zero-order chi connectivity index (χ0) is 12.1. The van der Waals surface area contributed by atoms with Crippen LogP contribution in [0.4, 0.5) is 8.78 Å². The molecule has 5 heteroatoms. The maximum Gasteiger partial charge on any atom is 0.387 e. The highest BCUT2D eigenvalue weighted by Gasteiger charge is 2.14. The van der Waals surface area contributed by atoms with Crippen molar-refractivity contribution in [2.24, 2.45) is 5.73 Å². The Hall–Kier alpha value is -1.20. The molecule has 1 rings (SSSR count). The highest BCUT2D eigenvalue weighted by Crippen LogP contribution is 2.20. The number of hydrogen-bond acceptors (Lipinski definition) is 3. The van der Waals surface area contributed by atoms with E-state index in [-0.39, 0.29) is 5.75 Å². The maximum atomic E-state index is 11.9. The van der Waals surface area contributed by atoms with Gasteiger partial charge in [0.15, 0.2) is 0 Å². The number of ether oxygens (including phenoxy) is 1. The summed E-state index contributed by atoms with van der Waals surface area (Å²) in [5.74, 6) is 0.0805. The molecule has 16 heavy (non-hydrogen) atoms. The van der Waals surface area contributed by atoms with E-state index < -0.39 is 18.8 Å². The fourth-order valence-corrected chi connectivity index (χ4v) is 1.35. The molecule has 0 aliphatic rings. The van der Waals surface area contributed by atoms with Gasteiger partial charge in [-0.25, -0.2) is 0 Å². The minimum Gasteiger partial charge on any atom is -0.435 e. The number of nitrogens with two attached hydrogens (primary N) is 1. The third-order valence-corrected chi connectivity index (χ3v) is 2.32. The number of rotatable bonds is 5. The molecule has 0 heterocycles. The average molecular weight is 231 g/mol. The van der Waals surface area contributed by atoms with Crippen LogP contribution < -0.4 is 10.5 Å². The topological polar surface area (TPSA) is 55.5 Å². The molecule has 0 saturated carbocycles. The molecule has 0 spiro atoms. The Kier molecular flexibility index (Phi) is 4.64. The van der Waals surface area contributed by atoms with Crippen LogP contribution in [0.15, 0.2) is 24.3 Å². The third kappa shape index (κ3) is 3.43. The van der Waals surface area contributed by atoms with Crippen molar-refractivity contribution in [3.05, 3.63) is 29.8 Å². The van der Waals surface area contributed by atoms with Gasteiger partial charge in [-0.2, -0.15) is 8.78 Å². The second kappa shape index (κ2) is 5.77. The molecule has 0 aliphatic carbocycles. The zero-order valence-electron chi connectivity index (χ0n) is 8.94. The van der Waals surface area contributed by atoms with E-state index in [1.54, 1.807) is 12.1 Å². The fraction of sp³-hybridized carbons (Fsp3) is 0.455. The SMILES string of the molecule is CC[C@H](O)[C@H](N)c1ccc(OC(F)F)cc1. The lowest BCUT2D eigenvalue weighted by Gasteiger charge is -2.17. The Balaban J connectivity index is 2.70. The molecule has 0 radical (unpaired) electrons. The maximum absolute atomic E-state index is 11.9. The van der Waals surface area contributed by atoms with Crippen LogP contribution >= 0.6 is 0 Å². The van der Waals surface area contributed by atoms with Crippen molar-refractivity contribution < 1.29 is 18.6 Å². The second-order valence-electron chi connectivity index (χ2n) is 3.45. The predicted octanol–water partition coefficient (Wildman–Crippen LogP) is 2.06. The minimum atomic E-state index is -2.83. The Morgan fingerprint density at radius 3 is 2.31 bits per heavy atom. The highest BCUT2D eigenvalue weighted by atomic mass is 19.3. The van der Waals surface area contributed by atoms with Crippen molar-refractivity contribution in [2.75, 3.05) is 0 Å². The summed E-state index contributed by atoms with van der Waals surface area (Å²) in [7, 11) is 0. The number of halogens is 2. The molecule has 3 nitrogen and oxygen atoms in total. The molecular formula is C11H15F2NO2. The highest BCUT2D eigenvalue weighted by molar-refractivity contribution is 5.29. The molecule has 0 unspecified atom stereocenters. The normalized spacial score (nSPS) is 14.9. The van der Waals surface area contributed by atoms with E-state index in [1.807, 2.05) is 6.92 Å².